The highest BCUT2D eigenvalue weighted by Gasteiger charge is 2.44. The lowest BCUT2D eigenvalue weighted by atomic mass is 9.67. The molecule has 3 heteroatoms. The maximum atomic E-state index is 9.38. The molecule has 0 amide bonds. The van der Waals surface area contributed by atoms with Crippen molar-refractivity contribution in [3.8, 4) is 73.4 Å². The van der Waals surface area contributed by atoms with E-state index in [1.165, 1.54) is 52.6 Å². The van der Waals surface area contributed by atoms with Crippen molar-refractivity contribution in [3.63, 3.8) is 0 Å². The molecule has 6 aromatic carbocycles. The molecule has 0 N–H and O–H groups in total. The van der Waals surface area contributed by atoms with Gasteiger partial charge in [-0.05, 0) is 81.6 Å². The molecule has 1 fully saturated rings. The summed E-state index contributed by atoms with van der Waals surface area (Å²) in [4.78, 5) is 10.5. The van der Waals surface area contributed by atoms with Crippen molar-refractivity contribution in [2.75, 3.05) is 0 Å². The number of hydrogen-bond acceptors (Lipinski definition) is 3. The average molecular weight is 642 g/mol. The van der Waals surface area contributed by atoms with E-state index in [1.807, 2.05) is 24.3 Å². The van der Waals surface area contributed by atoms with Crippen molar-refractivity contribution in [2.24, 2.45) is 0 Å². The molecule has 2 aliphatic carbocycles. The molecule has 50 heavy (non-hydrogen) atoms. The predicted octanol–water partition coefficient (Wildman–Crippen LogP) is 11.9. The second-order valence-electron chi connectivity index (χ2n) is 13.6. The standard InChI is InChI=1S/C47H35N3/c48-31-32-21-23-33(24-22-32)36-25-26-40-42(29-36)47(27-10-3-11-28-47)41-20-12-19-38(45(40)41)37-17-8-9-18-39(37)46-49-43(34-13-4-1-5-14-34)30-44(50-46)35-15-6-2-7-16-35/h1-2,4-9,12-26,29-30H,3,10-11,27-28H2. The zero-order valence-electron chi connectivity index (χ0n) is 27.8. The smallest absolute Gasteiger partial charge is 0.161 e. The van der Waals surface area contributed by atoms with Crippen molar-refractivity contribution in [3.05, 3.63) is 168 Å². The second kappa shape index (κ2) is 12.4. The fourth-order valence-electron chi connectivity index (χ4n) is 8.37. The zero-order valence-corrected chi connectivity index (χ0v) is 27.8. The Bertz CT molecular complexity index is 2340. The first-order chi connectivity index (χ1) is 24.7. The van der Waals surface area contributed by atoms with E-state index in [1.54, 1.807) is 0 Å². The van der Waals surface area contributed by atoms with Gasteiger partial charge in [-0.25, -0.2) is 9.97 Å². The highest BCUT2D eigenvalue weighted by Crippen LogP contribution is 2.59. The molecule has 1 saturated carbocycles. The number of benzene rings is 6. The van der Waals surface area contributed by atoms with Gasteiger partial charge in [0.2, 0.25) is 0 Å². The lowest BCUT2D eigenvalue weighted by Crippen LogP contribution is -2.28. The molecule has 2 aliphatic rings. The molecule has 7 aromatic rings. The predicted molar refractivity (Wildman–Crippen MR) is 203 cm³/mol. The fourth-order valence-corrected chi connectivity index (χ4v) is 8.37. The Labute approximate surface area is 293 Å². The van der Waals surface area contributed by atoms with Crippen LogP contribution in [0.3, 0.4) is 0 Å². The second-order valence-corrected chi connectivity index (χ2v) is 13.6. The first-order valence-electron chi connectivity index (χ1n) is 17.6. The van der Waals surface area contributed by atoms with Crippen molar-refractivity contribution >= 4 is 0 Å². The Hall–Kier alpha value is -6.11. The van der Waals surface area contributed by atoms with Crippen LogP contribution in [0.2, 0.25) is 0 Å². The van der Waals surface area contributed by atoms with E-state index in [0.717, 1.165) is 57.9 Å². The maximum absolute atomic E-state index is 9.38. The van der Waals surface area contributed by atoms with E-state index >= 15 is 0 Å². The van der Waals surface area contributed by atoms with Gasteiger partial charge < -0.3 is 0 Å². The summed E-state index contributed by atoms with van der Waals surface area (Å²) in [6, 6.07) is 55.7. The van der Waals surface area contributed by atoms with Crippen molar-refractivity contribution in [1.82, 2.24) is 9.97 Å². The van der Waals surface area contributed by atoms with Gasteiger partial charge in [0.25, 0.3) is 0 Å². The number of nitriles is 1. The third kappa shape index (κ3) is 5.04. The summed E-state index contributed by atoms with van der Waals surface area (Å²) in [6.07, 6.45) is 6.03. The monoisotopic (exact) mass is 641 g/mol. The Kier molecular flexibility index (Phi) is 7.44. The molecule has 0 saturated heterocycles. The minimum atomic E-state index is -0.0132. The first kappa shape index (κ1) is 30.0. The third-order valence-electron chi connectivity index (χ3n) is 10.8. The molecule has 0 aliphatic heterocycles. The summed E-state index contributed by atoms with van der Waals surface area (Å²) in [5.41, 5.74) is 15.9. The summed E-state index contributed by atoms with van der Waals surface area (Å²) >= 11 is 0. The van der Waals surface area contributed by atoms with Gasteiger partial charge in [-0.15, -0.1) is 0 Å². The van der Waals surface area contributed by atoms with E-state index in [2.05, 4.69) is 133 Å². The van der Waals surface area contributed by atoms with Gasteiger partial charge in [0.1, 0.15) is 0 Å². The third-order valence-corrected chi connectivity index (χ3v) is 10.8. The van der Waals surface area contributed by atoms with Crippen LogP contribution in [-0.2, 0) is 5.41 Å². The van der Waals surface area contributed by atoms with Crippen LogP contribution >= 0.6 is 0 Å². The molecule has 0 radical (unpaired) electrons. The van der Waals surface area contributed by atoms with Crippen LogP contribution in [-0.4, -0.2) is 9.97 Å². The van der Waals surface area contributed by atoms with E-state index in [4.69, 9.17) is 9.97 Å². The summed E-state index contributed by atoms with van der Waals surface area (Å²) < 4.78 is 0. The normalized spacial score (nSPS) is 14.1. The van der Waals surface area contributed by atoms with Gasteiger partial charge in [-0.1, -0.05) is 147 Å². The van der Waals surface area contributed by atoms with Gasteiger partial charge in [0.05, 0.1) is 23.0 Å². The topological polar surface area (TPSA) is 49.6 Å². The Morgan fingerprint density at radius 1 is 0.460 bits per heavy atom. The minimum Gasteiger partial charge on any atom is -0.228 e. The largest absolute Gasteiger partial charge is 0.228 e. The van der Waals surface area contributed by atoms with Gasteiger partial charge in [-0.3, -0.25) is 0 Å². The van der Waals surface area contributed by atoms with Crippen LogP contribution in [0, 0.1) is 11.3 Å². The van der Waals surface area contributed by atoms with Crippen LogP contribution < -0.4 is 0 Å². The molecule has 0 unspecified atom stereocenters. The highest BCUT2D eigenvalue weighted by atomic mass is 14.9. The molecular weight excluding hydrogens is 607 g/mol. The first-order valence-corrected chi connectivity index (χ1v) is 17.6. The Balaban J connectivity index is 1.24. The number of nitrogens with zero attached hydrogens (tertiary/aromatic N) is 3. The molecular formula is C47H35N3. The van der Waals surface area contributed by atoms with Gasteiger partial charge >= 0.3 is 0 Å². The summed E-state index contributed by atoms with van der Waals surface area (Å²) in [5.74, 6) is 0.722. The van der Waals surface area contributed by atoms with Crippen LogP contribution in [0.15, 0.2) is 152 Å². The molecule has 0 atom stereocenters. The van der Waals surface area contributed by atoms with Crippen molar-refractivity contribution in [1.29, 1.82) is 5.26 Å². The van der Waals surface area contributed by atoms with Gasteiger partial charge in [0, 0.05) is 22.1 Å². The molecule has 3 nitrogen and oxygen atoms in total. The van der Waals surface area contributed by atoms with Crippen molar-refractivity contribution < 1.29 is 0 Å². The van der Waals surface area contributed by atoms with Crippen LogP contribution in [0.5, 0.6) is 0 Å². The molecule has 238 valence electrons. The fraction of sp³-hybridized carbons (Fsp3) is 0.128. The van der Waals surface area contributed by atoms with Crippen molar-refractivity contribution in [2.45, 2.75) is 37.5 Å². The highest BCUT2D eigenvalue weighted by molar-refractivity contribution is 5.97. The minimum absolute atomic E-state index is 0.0132. The van der Waals surface area contributed by atoms with E-state index in [9.17, 15) is 5.26 Å². The summed E-state index contributed by atoms with van der Waals surface area (Å²) in [6.45, 7) is 0. The number of fused-ring (bicyclic) bond motifs is 5. The molecule has 9 rings (SSSR count). The zero-order chi connectivity index (χ0) is 33.5. The SMILES string of the molecule is N#Cc1ccc(-c2ccc3c(c2)C2(CCCCC2)c2cccc(-c4ccccc4-c4nc(-c5ccccc5)cc(-c5ccccc5)n4)c2-3)cc1. The summed E-state index contributed by atoms with van der Waals surface area (Å²) in [5, 5.41) is 9.38. The molecule has 0 bridgehead atoms. The van der Waals surface area contributed by atoms with Crippen LogP contribution in [0.25, 0.3) is 67.3 Å². The Morgan fingerprint density at radius 3 is 1.72 bits per heavy atom. The van der Waals surface area contributed by atoms with Gasteiger partial charge in [0.15, 0.2) is 5.82 Å². The lowest BCUT2D eigenvalue weighted by Gasteiger charge is -2.36. The van der Waals surface area contributed by atoms with Gasteiger partial charge in [-0.2, -0.15) is 5.26 Å². The Morgan fingerprint density at radius 2 is 1.06 bits per heavy atom. The van der Waals surface area contributed by atoms with E-state index in [-0.39, 0.29) is 5.41 Å². The van der Waals surface area contributed by atoms with E-state index in [0.29, 0.717) is 5.56 Å². The number of hydrogen-bond donors (Lipinski definition) is 0. The lowest BCUT2D eigenvalue weighted by molar-refractivity contribution is 0.353. The molecule has 1 spiro atoms. The van der Waals surface area contributed by atoms with Crippen LogP contribution in [0.1, 0.15) is 48.8 Å². The van der Waals surface area contributed by atoms with Crippen LogP contribution in [0.4, 0.5) is 0 Å². The summed E-state index contributed by atoms with van der Waals surface area (Å²) in [7, 11) is 0. The molecule has 1 heterocycles. The average Bonchev–Trinajstić information content (AvgIpc) is 3.46. The number of aromatic nitrogens is 2. The molecule has 1 aromatic heterocycles. The number of rotatable bonds is 5. The quantitative estimate of drug-likeness (QED) is 0.188. The maximum Gasteiger partial charge on any atom is 0.161 e. The van der Waals surface area contributed by atoms with E-state index < -0.39 is 0 Å².